The number of rotatable bonds is 6. The average molecular weight is 287 g/mol. The average Bonchev–Trinajstić information content (AvgIpc) is 2.26. The van der Waals surface area contributed by atoms with Crippen molar-refractivity contribution in [2.45, 2.75) is 0 Å². The minimum Gasteiger partial charge on any atom is -0.508 e. The van der Waals surface area contributed by atoms with Crippen molar-refractivity contribution in [2.75, 3.05) is 18.0 Å². The summed E-state index contributed by atoms with van der Waals surface area (Å²) in [6.07, 6.45) is 1.20. The summed E-state index contributed by atoms with van der Waals surface area (Å²) in [6, 6.07) is 5.83. The van der Waals surface area contributed by atoms with E-state index in [0.717, 1.165) is 5.82 Å². The quantitative estimate of drug-likeness (QED) is 0.576. The van der Waals surface area contributed by atoms with Crippen molar-refractivity contribution in [3.05, 3.63) is 36.2 Å². The van der Waals surface area contributed by atoms with Gasteiger partial charge in [0, 0.05) is 18.0 Å². The minimum absolute atomic E-state index is 0.0299. The Morgan fingerprint density at radius 3 is 2.32 bits per heavy atom. The maximum Gasteiger partial charge on any atom is 0.348 e. The molecule has 7 nitrogen and oxygen atoms in total. The van der Waals surface area contributed by atoms with E-state index in [0.29, 0.717) is 5.69 Å². The predicted molar refractivity (Wildman–Crippen MR) is 69.1 cm³/mol. The maximum absolute atomic E-state index is 10.7. The first kappa shape index (κ1) is 15.2. The third kappa shape index (κ3) is 6.05. The van der Waals surface area contributed by atoms with Gasteiger partial charge in [-0.05, 0) is 24.3 Å². The molecule has 0 amide bonds. The molecule has 0 saturated heterocycles. The SMILES string of the molecule is O=C(O)CN(CC=CP(=O)(O)O)c1ccc(O)cc1. The van der Waals surface area contributed by atoms with Gasteiger partial charge in [0.25, 0.3) is 0 Å². The third-order valence-corrected chi connectivity index (χ3v) is 2.77. The lowest BCUT2D eigenvalue weighted by molar-refractivity contribution is -0.135. The number of carboxylic acid groups (broad SMARTS) is 1. The number of aromatic hydroxyl groups is 1. The number of nitrogens with zero attached hydrogens (tertiary/aromatic N) is 1. The summed E-state index contributed by atoms with van der Waals surface area (Å²) in [6.45, 7) is -0.293. The van der Waals surface area contributed by atoms with Gasteiger partial charge in [0.05, 0.1) is 0 Å². The molecule has 0 fully saturated rings. The van der Waals surface area contributed by atoms with E-state index in [9.17, 15) is 9.36 Å². The van der Waals surface area contributed by atoms with Gasteiger partial charge in [-0.25, -0.2) is 0 Å². The van der Waals surface area contributed by atoms with Crippen LogP contribution in [-0.4, -0.2) is 39.1 Å². The molecule has 104 valence electrons. The Bertz CT molecular complexity index is 506. The number of anilines is 1. The van der Waals surface area contributed by atoms with Crippen molar-refractivity contribution in [3.63, 3.8) is 0 Å². The van der Waals surface area contributed by atoms with Crippen molar-refractivity contribution in [2.24, 2.45) is 0 Å². The molecule has 0 bridgehead atoms. The molecule has 0 radical (unpaired) electrons. The van der Waals surface area contributed by atoms with Crippen LogP contribution in [0.15, 0.2) is 36.2 Å². The molecule has 8 heteroatoms. The minimum atomic E-state index is -4.25. The second-order valence-corrected chi connectivity index (χ2v) is 5.24. The topological polar surface area (TPSA) is 118 Å². The lowest BCUT2D eigenvalue weighted by Crippen LogP contribution is -2.29. The van der Waals surface area contributed by atoms with Crippen molar-refractivity contribution in [1.29, 1.82) is 0 Å². The van der Waals surface area contributed by atoms with Crippen LogP contribution in [0.3, 0.4) is 0 Å². The number of hydrogen-bond donors (Lipinski definition) is 4. The number of phenolic OH excluding ortho intramolecular Hbond substituents is 1. The Labute approximate surface area is 109 Å². The van der Waals surface area contributed by atoms with Crippen LogP contribution < -0.4 is 4.90 Å². The zero-order chi connectivity index (χ0) is 14.5. The van der Waals surface area contributed by atoms with Crippen LogP contribution in [0.4, 0.5) is 5.69 Å². The summed E-state index contributed by atoms with van der Waals surface area (Å²) in [5.41, 5.74) is 0.524. The molecule has 4 N–H and O–H groups in total. The summed E-state index contributed by atoms with van der Waals surface area (Å²) < 4.78 is 10.7. The zero-order valence-electron chi connectivity index (χ0n) is 9.88. The van der Waals surface area contributed by atoms with Gasteiger partial charge >= 0.3 is 13.6 Å². The Hall–Kier alpha value is -1.82. The lowest BCUT2D eigenvalue weighted by Gasteiger charge is -2.21. The van der Waals surface area contributed by atoms with Crippen molar-refractivity contribution < 1.29 is 29.4 Å². The normalized spacial score (nSPS) is 11.7. The largest absolute Gasteiger partial charge is 0.508 e. The summed E-state index contributed by atoms with van der Waals surface area (Å²) >= 11 is 0. The van der Waals surface area contributed by atoms with Crippen LogP contribution in [0.1, 0.15) is 0 Å². The second kappa shape index (κ2) is 6.38. The van der Waals surface area contributed by atoms with E-state index >= 15 is 0 Å². The summed E-state index contributed by atoms with van der Waals surface area (Å²) in [4.78, 5) is 29.5. The molecule has 0 aromatic heterocycles. The molecule has 0 atom stereocenters. The van der Waals surface area contributed by atoms with Gasteiger partial charge in [0.1, 0.15) is 12.3 Å². The smallest absolute Gasteiger partial charge is 0.348 e. The summed E-state index contributed by atoms with van der Waals surface area (Å²) in [5.74, 6) is -0.301. The number of carbonyl (C=O) groups is 1. The molecule has 0 aliphatic rings. The van der Waals surface area contributed by atoms with Gasteiger partial charge in [0.2, 0.25) is 0 Å². The number of phenols is 1. The Balaban J connectivity index is 2.83. The maximum atomic E-state index is 10.7. The molecule has 1 aromatic carbocycles. The first-order valence-corrected chi connectivity index (χ1v) is 6.95. The molecular weight excluding hydrogens is 273 g/mol. The van der Waals surface area contributed by atoms with E-state index in [2.05, 4.69) is 0 Å². The van der Waals surface area contributed by atoms with Crippen molar-refractivity contribution in [1.82, 2.24) is 0 Å². The van der Waals surface area contributed by atoms with Gasteiger partial charge < -0.3 is 24.9 Å². The van der Waals surface area contributed by atoms with Crippen LogP contribution in [0.25, 0.3) is 0 Å². The highest BCUT2D eigenvalue weighted by molar-refractivity contribution is 7.55. The van der Waals surface area contributed by atoms with Gasteiger partial charge in [-0.2, -0.15) is 0 Å². The van der Waals surface area contributed by atoms with E-state index in [1.807, 2.05) is 0 Å². The fourth-order valence-corrected chi connectivity index (χ4v) is 1.77. The second-order valence-electron chi connectivity index (χ2n) is 3.76. The highest BCUT2D eigenvalue weighted by Crippen LogP contribution is 2.35. The van der Waals surface area contributed by atoms with Crippen molar-refractivity contribution in [3.8, 4) is 5.75 Å². The van der Waals surface area contributed by atoms with E-state index in [4.69, 9.17) is 20.0 Å². The molecular formula is C11H14NO6P. The first-order valence-electron chi connectivity index (χ1n) is 5.26. The molecule has 0 spiro atoms. The monoisotopic (exact) mass is 287 g/mol. The summed E-state index contributed by atoms with van der Waals surface area (Å²) in [5, 5.41) is 17.9. The molecule has 0 saturated carbocycles. The zero-order valence-corrected chi connectivity index (χ0v) is 10.8. The van der Waals surface area contributed by atoms with Crippen molar-refractivity contribution >= 4 is 19.3 Å². The number of aliphatic carboxylic acids is 1. The third-order valence-electron chi connectivity index (χ3n) is 2.17. The number of benzene rings is 1. The molecule has 0 unspecified atom stereocenters. The molecule has 1 aromatic rings. The predicted octanol–water partition coefficient (Wildman–Crippen LogP) is 0.975. The molecule has 0 aliphatic heterocycles. The highest BCUT2D eigenvalue weighted by atomic mass is 31.2. The highest BCUT2D eigenvalue weighted by Gasteiger charge is 2.11. The Kier molecular flexibility index (Phi) is 5.11. The number of hydrogen-bond acceptors (Lipinski definition) is 4. The van der Waals surface area contributed by atoms with Gasteiger partial charge in [-0.3, -0.25) is 9.36 Å². The van der Waals surface area contributed by atoms with E-state index in [-0.39, 0.29) is 18.8 Å². The Morgan fingerprint density at radius 1 is 1.26 bits per heavy atom. The summed E-state index contributed by atoms with van der Waals surface area (Å²) in [7, 11) is -4.25. The standard InChI is InChI=1S/C11H14NO6P/c13-10-4-2-9(3-5-10)12(8-11(14)15)6-1-7-19(16,17)18/h1-5,7,13H,6,8H2,(H,14,15)(H2,16,17,18). The molecule has 0 heterocycles. The van der Waals surface area contributed by atoms with Crippen LogP contribution in [0.2, 0.25) is 0 Å². The van der Waals surface area contributed by atoms with Crippen LogP contribution in [-0.2, 0) is 9.36 Å². The number of carboxylic acids is 1. The van der Waals surface area contributed by atoms with Gasteiger partial charge in [-0.1, -0.05) is 6.08 Å². The Morgan fingerprint density at radius 2 is 1.84 bits per heavy atom. The van der Waals surface area contributed by atoms with Crippen LogP contribution >= 0.6 is 7.60 Å². The fourth-order valence-electron chi connectivity index (χ4n) is 1.40. The molecule has 1 rings (SSSR count). The fraction of sp³-hybridized carbons (Fsp3) is 0.182. The van der Waals surface area contributed by atoms with Gasteiger partial charge in [-0.15, -0.1) is 0 Å². The first-order chi connectivity index (χ1) is 8.78. The van der Waals surface area contributed by atoms with E-state index in [1.54, 1.807) is 0 Å². The van der Waals surface area contributed by atoms with Crippen LogP contribution in [0.5, 0.6) is 5.75 Å². The van der Waals surface area contributed by atoms with Crippen LogP contribution in [0, 0.1) is 0 Å². The molecule has 19 heavy (non-hydrogen) atoms. The van der Waals surface area contributed by atoms with E-state index < -0.39 is 13.6 Å². The van der Waals surface area contributed by atoms with E-state index in [1.165, 1.54) is 35.2 Å². The lowest BCUT2D eigenvalue weighted by atomic mass is 10.2. The van der Waals surface area contributed by atoms with Gasteiger partial charge in [0.15, 0.2) is 0 Å². The molecule has 0 aliphatic carbocycles.